The van der Waals surface area contributed by atoms with E-state index in [1.807, 2.05) is 35.8 Å². The van der Waals surface area contributed by atoms with E-state index < -0.39 is 0 Å². The summed E-state index contributed by atoms with van der Waals surface area (Å²) in [6, 6.07) is 8.97. The average molecular weight is 475 g/mol. The molecule has 8 heteroatoms. The molecule has 0 radical (unpaired) electrons. The zero-order valence-corrected chi connectivity index (χ0v) is 20.4. The van der Waals surface area contributed by atoms with Crippen molar-refractivity contribution >= 4 is 17.7 Å². The van der Waals surface area contributed by atoms with Crippen molar-refractivity contribution in [2.75, 3.05) is 26.2 Å². The Morgan fingerprint density at radius 1 is 1.03 bits per heavy atom. The third-order valence-electron chi connectivity index (χ3n) is 7.47. The Morgan fingerprint density at radius 3 is 2.65 bits per heavy atom. The van der Waals surface area contributed by atoms with Gasteiger partial charge in [-0.05, 0) is 51.8 Å². The number of hydrogen-bond donors (Lipinski definition) is 0. The normalized spacial score (nSPS) is 19.0. The fraction of sp³-hybridized carbons (Fsp3) is 0.462. The molecule has 0 saturated carbocycles. The van der Waals surface area contributed by atoms with Crippen molar-refractivity contribution in [3.05, 3.63) is 53.5 Å². The maximum Gasteiger partial charge on any atom is 0.257 e. The molecule has 0 atom stereocenters. The average Bonchev–Trinajstić information content (AvgIpc) is 3.29. The second-order valence-corrected chi connectivity index (χ2v) is 10.5. The second-order valence-electron chi connectivity index (χ2n) is 9.50. The molecule has 0 spiro atoms. The van der Waals surface area contributed by atoms with Crippen LogP contribution in [-0.4, -0.2) is 67.7 Å². The van der Waals surface area contributed by atoms with Crippen LogP contribution in [-0.2, 0) is 5.75 Å². The first-order valence-corrected chi connectivity index (χ1v) is 13.3. The fourth-order valence-electron chi connectivity index (χ4n) is 5.49. The van der Waals surface area contributed by atoms with E-state index >= 15 is 0 Å². The van der Waals surface area contributed by atoms with Gasteiger partial charge in [0.05, 0.1) is 23.1 Å². The van der Waals surface area contributed by atoms with Crippen molar-refractivity contribution in [3.8, 4) is 17.2 Å². The van der Waals surface area contributed by atoms with Crippen LogP contribution in [0.3, 0.4) is 0 Å². The molecule has 0 N–H and O–H groups in total. The van der Waals surface area contributed by atoms with Gasteiger partial charge >= 0.3 is 0 Å². The highest BCUT2D eigenvalue weighted by atomic mass is 32.2. The molecule has 2 aromatic heterocycles. The van der Waals surface area contributed by atoms with Gasteiger partial charge in [0.1, 0.15) is 0 Å². The quantitative estimate of drug-likeness (QED) is 0.563. The number of benzene rings is 1. The van der Waals surface area contributed by atoms with Crippen LogP contribution in [0, 0.1) is 6.92 Å². The fourth-order valence-corrected chi connectivity index (χ4v) is 6.51. The summed E-state index contributed by atoms with van der Waals surface area (Å²) in [5.74, 6) is 1.45. The lowest BCUT2D eigenvalue weighted by Gasteiger charge is -2.40. The molecule has 7 nitrogen and oxygen atoms in total. The molecule has 3 aliphatic heterocycles. The van der Waals surface area contributed by atoms with Crippen LogP contribution in [0.15, 0.2) is 41.6 Å². The maximum atomic E-state index is 13.4. The number of nitrogens with zero attached hydrogens (tertiary/aromatic N) is 6. The minimum atomic E-state index is 0.0700. The molecule has 2 fully saturated rings. The standard InChI is InChI=1S/C26H30N6OS/c1-18-22(25(33)31-13-9-20(10-14-31)30-11-5-2-6-12-30)16-28-32(18)26-27-15-19-17-34-23-8-4-3-7-21(23)24(19)29-26/h3-4,7-8,15-16,20H,2,5-6,9-14,17H2,1H3. The number of rotatable bonds is 3. The molecular formula is C26H30N6OS. The van der Waals surface area contributed by atoms with Gasteiger partial charge in [0.2, 0.25) is 0 Å². The first kappa shape index (κ1) is 21.8. The van der Waals surface area contributed by atoms with Gasteiger partial charge in [-0.25, -0.2) is 14.6 Å². The van der Waals surface area contributed by atoms with E-state index in [0.717, 1.165) is 54.2 Å². The smallest absolute Gasteiger partial charge is 0.257 e. The van der Waals surface area contributed by atoms with Crippen LogP contribution >= 0.6 is 11.8 Å². The summed E-state index contributed by atoms with van der Waals surface area (Å²) in [5, 5.41) is 4.53. The topological polar surface area (TPSA) is 67.2 Å². The molecule has 176 valence electrons. The highest BCUT2D eigenvalue weighted by Crippen LogP contribution is 2.40. The number of thioether (sulfide) groups is 1. The molecule has 0 unspecified atom stereocenters. The van der Waals surface area contributed by atoms with Gasteiger partial charge in [-0.1, -0.05) is 24.6 Å². The van der Waals surface area contributed by atoms with E-state index in [1.54, 1.807) is 10.9 Å². The van der Waals surface area contributed by atoms with Crippen LogP contribution in [0.25, 0.3) is 17.2 Å². The summed E-state index contributed by atoms with van der Waals surface area (Å²) in [5.41, 5.74) is 4.66. The number of piperidine rings is 2. The molecule has 0 aliphatic carbocycles. The van der Waals surface area contributed by atoms with Gasteiger partial charge in [-0.3, -0.25) is 4.79 Å². The molecule has 3 aromatic rings. The van der Waals surface area contributed by atoms with Gasteiger partial charge in [-0.2, -0.15) is 5.10 Å². The summed E-state index contributed by atoms with van der Waals surface area (Å²) >= 11 is 1.81. The Balaban J connectivity index is 1.20. The molecule has 2 saturated heterocycles. The Hall–Kier alpha value is -2.71. The van der Waals surface area contributed by atoms with Gasteiger partial charge in [-0.15, -0.1) is 11.8 Å². The number of aromatic nitrogens is 4. The van der Waals surface area contributed by atoms with Crippen molar-refractivity contribution < 1.29 is 4.79 Å². The SMILES string of the molecule is Cc1c(C(=O)N2CCC(N3CCCCC3)CC2)cnn1-c1ncc2c(n1)-c1ccccc1SC2. The monoisotopic (exact) mass is 474 g/mol. The van der Waals surface area contributed by atoms with Crippen molar-refractivity contribution in [2.24, 2.45) is 0 Å². The van der Waals surface area contributed by atoms with Gasteiger partial charge < -0.3 is 9.80 Å². The van der Waals surface area contributed by atoms with Crippen molar-refractivity contribution in [3.63, 3.8) is 0 Å². The predicted molar refractivity (Wildman–Crippen MR) is 133 cm³/mol. The zero-order valence-electron chi connectivity index (χ0n) is 19.6. The molecule has 1 aromatic carbocycles. The number of fused-ring (bicyclic) bond motifs is 3. The molecular weight excluding hydrogens is 444 g/mol. The van der Waals surface area contributed by atoms with Crippen molar-refractivity contribution in [2.45, 2.75) is 55.7 Å². The van der Waals surface area contributed by atoms with E-state index in [2.05, 4.69) is 33.2 Å². The Morgan fingerprint density at radius 2 is 1.82 bits per heavy atom. The summed E-state index contributed by atoms with van der Waals surface area (Å²) in [6.45, 7) is 6.00. The van der Waals surface area contributed by atoms with Crippen LogP contribution in [0.1, 0.15) is 53.7 Å². The number of amides is 1. The van der Waals surface area contributed by atoms with Crippen molar-refractivity contribution in [1.82, 2.24) is 29.5 Å². The molecule has 34 heavy (non-hydrogen) atoms. The zero-order chi connectivity index (χ0) is 23.1. The summed E-state index contributed by atoms with van der Waals surface area (Å²) in [6.07, 6.45) is 9.68. The summed E-state index contributed by atoms with van der Waals surface area (Å²) < 4.78 is 1.71. The third-order valence-corrected chi connectivity index (χ3v) is 8.59. The van der Waals surface area contributed by atoms with E-state index in [0.29, 0.717) is 17.6 Å². The van der Waals surface area contributed by atoms with E-state index in [1.165, 1.54) is 37.2 Å². The van der Waals surface area contributed by atoms with E-state index in [-0.39, 0.29) is 5.91 Å². The third kappa shape index (κ3) is 3.92. The molecule has 5 heterocycles. The van der Waals surface area contributed by atoms with Crippen LogP contribution in [0.5, 0.6) is 0 Å². The van der Waals surface area contributed by atoms with Crippen LogP contribution < -0.4 is 0 Å². The van der Waals surface area contributed by atoms with Crippen LogP contribution in [0.4, 0.5) is 0 Å². The lowest BCUT2D eigenvalue weighted by atomic mass is 9.99. The van der Waals surface area contributed by atoms with E-state index in [4.69, 9.17) is 4.98 Å². The number of carbonyl (C=O) groups is 1. The van der Waals surface area contributed by atoms with Gasteiger partial charge in [0.15, 0.2) is 0 Å². The first-order chi connectivity index (χ1) is 16.7. The lowest BCUT2D eigenvalue weighted by molar-refractivity contribution is 0.0589. The molecule has 6 rings (SSSR count). The number of hydrogen-bond acceptors (Lipinski definition) is 6. The van der Waals surface area contributed by atoms with Gasteiger partial charge in [0, 0.05) is 47.1 Å². The number of likely N-dealkylation sites (tertiary alicyclic amines) is 2. The Kier molecular flexibility index (Phi) is 5.87. The highest BCUT2D eigenvalue weighted by Gasteiger charge is 2.30. The lowest BCUT2D eigenvalue weighted by Crippen LogP contribution is -2.48. The molecule has 0 bridgehead atoms. The summed E-state index contributed by atoms with van der Waals surface area (Å²) in [4.78, 5) is 28.7. The van der Waals surface area contributed by atoms with Crippen molar-refractivity contribution in [1.29, 1.82) is 0 Å². The van der Waals surface area contributed by atoms with E-state index in [9.17, 15) is 4.79 Å². The Labute approximate surface area is 204 Å². The summed E-state index contributed by atoms with van der Waals surface area (Å²) in [7, 11) is 0. The maximum absolute atomic E-state index is 13.4. The predicted octanol–water partition coefficient (Wildman–Crippen LogP) is 4.33. The van der Waals surface area contributed by atoms with Crippen LogP contribution in [0.2, 0.25) is 0 Å². The number of carbonyl (C=O) groups excluding carboxylic acids is 1. The van der Waals surface area contributed by atoms with Gasteiger partial charge in [0.25, 0.3) is 11.9 Å². The molecule has 3 aliphatic rings. The minimum absolute atomic E-state index is 0.0700. The first-order valence-electron chi connectivity index (χ1n) is 12.4. The Bertz CT molecular complexity index is 1210. The molecule has 1 amide bonds. The largest absolute Gasteiger partial charge is 0.338 e. The highest BCUT2D eigenvalue weighted by molar-refractivity contribution is 7.98. The second kappa shape index (κ2) is 9.15. The minimum Gasteiger partial charge on any atom is -0.338 e.